The molecule has 0 aliphatic rings. The van der Waals surface area contributed by atoms with Gasteiger partial charge in [-0.15, -0.1) is 12.4 Å². The van der Waals surface area contributed by atoms with Gasteiger partial charge in [0.05, 0.1) is 5.02 Å². The lowest BCUT2D eigenvalue weighted by Crippen LogP contribution is -2.34. The van der Waals surface area contributed by atoms with Crippen molar-refractivity contribution in [1.29, 1.82) is 0 Å². The van der Waals surface area contributed by atoms with Crippen LogP contribution in [-0.4, -0.2) is 42.5 Å². The van der Waals surface area contributed by atoms with Crippen LogP contribution in [0, 0.1) is 0 Å². The molecule has 0 saturated carbocycles. The fourth-order valence-electron chi connectivity index (χ4n) is 2.01. The second-order valence-electron chi connectivity index (χ2n) is 5.23. The summed E-state index contributed by atoms with van der Waals surface area (Å²) in [7, 11) is 0. The number of hydrogen-bond donors (Lipinski definition) is 2. The maximum Gasteiger partial charge on any atom is 0.260 e. The highest BCUT2D eigenvalue weighted by Crippen LogP contribution is 2.27. The number of hydrogen-bond acceptors (Lipinski definition) is 4. The van der Waals surface area contributed by atoms with Crippen LogP contribution in [0.5, 0.6) is 5.75 Å². The van der Waals surface area contributed by atoms with E-state index in [4.69, 9.17) is 22.1 Å². The molecule has 1 unspecified atom stereocenters. The topological polar surface area (TPSA) is 84.7 Å². The molecule has 1 rings (SSSR count). The number of ether oxygens (including phenoxy) is 1. The Hall–Kier alpha value is -1.50. The zero-order chi connectivity index (χ0) is 17.4. The van der Waals surface area contributed by atoms with Crippen molar-refractivity contribution in [1.82, 2.24) is 4.90 Å². The van der Waals surface area contributed by atoms with Crippen molar-refractivity contribution in [3.05, 3.63) is 23.2 Å². The first-order valence-electron chi connectivity index (χ1n) is 7.62. The average molecular weight is 378 g/mol. The maximum atomic E-state index is 11.9. The van der Waals surface area contributed by atoms with Crippen molar-refractivity contribution in [2.45, 2.75) is 33.2 Å². The van der Waals surface area contributed by atoms with Crippen LogP contribution in [-0.2, 0) is 9.59 Å². The van der Waals surface area contributed by atoms with Crippen LogP contribution in [0.25, 0.3) is 0 Å². The van der Waals surface area contributed by atoms with E-state index in [0.29, 0.717) is 29.5 Å². The Labute approximate surface area is 154 Å². The van der Waals surface area contributed by atoms with Crippen LogP contribution in [0.15, 0.2) is 18.2 Å². The van der Waals surface area contributed by atoms with Gasteiger partial charge in [-0.1, -0.05) is 11.6 Å². The van der Waals surface area contributed by atoms with Crippen molar-refractivity contribution in [2.75, 3.05) is 25.0 Å². The van der Waals surface area contributed by atoms with Crippen molar-refractivity contribution >= 4 is 41.5 Å². The molecule has 136 valence electrons. The number of rotatable bonds is 8. The van der Waals surface area contributed by atoms with Crippen LogP contribution in [0.2, 0.25) is 5.02 Å². The summed E-state index contributed by atoms with van der Waals surface area (Å²) in [6.07, 6.45) is 0.230. The van der Waals surface area contributed by atoms with Gasteiger partial charge in [0.2, 0.25) is 5.91 Å². The fourth-order valence-corrected chi connectivity index (χ4v) is 2.24. The Morgan fingerprint density at radius 1 is 1.33 bits per heavy atom. The van der Waals surface area contributed by atoms with Gasteiger partial charge in [-0.2, -0.15) is 0 Å². The highest BCUT2D eigenvalue weighted by atomic mass is 35.5. The van der Waals surface area contributed by atoms with Gasteiger partial charge in [-0.05, 0) is 39.0 Å². The highest BCUT2D eigenvalue weighted by molar-refractivity contribution is 6.32. The molecule has 0 heterocycles. The van der Waals surface area contributed by atoms with Gasteiger partial charge in [-0.25, -0.2) is 0 Å². The minimum absolute atomic E-state index is 0. The lowest BCUT2D eigenvalue weighted by atomic mass is 10.2. The van der Waals surface area contributed by atoms with Crippen molar-refractivity contribution in [2.24, 2.45) is 5.73 Å². The first-order chi connectivity index (χ1) is 10.9. The molecule has 0 fully saturated rings. The predicted molar refractivity (Wildman–Crippen MR) is 99.0 cm³/mol. The number of nitrogens with two attached hydrogens (primary N) is 1. The van der Waals surface area contributed by atoms with Crippen LogP contribution in [0.4, 0.5) is 5.69 Å². The van der Waals surface area contributed by atoms with Crippen molar-refractivity contribution in [3.63, 3.8) is 0 Å². The quantitative estimate of drug-likeness (QED) is 0.729. The zero-order valence-electron chi connectivity index (χ0n) is 14.2. The van der Waals surface area contributed by atoms with E-state index in [9.17, 15) is 9.59 Å². The van der Waals surface area contributed by atoms with E-state index in [2.05, 4.69) is 5.32 Å². The first-order valence-corrected chi connectivity index (χ1v) is 8.00. The molecule has 0 aliphatic heterocycles. The summed E-state index contributed by atoms with van der Waals surface area (Å²) in [4.78, 5) is 25.2. The third kappa shape index (κ3) is 7.38. The Balaban J connectivity index is 0.00000529. The van der Waals surface area contributed by atoms with E-state index in [1.165, 1.54) is 0 Å². The van der Waals surface area contributed by atoms with Gasteiger partial charge >= 0.3 is 0 Å². The van der Waals surface area contributed by atoms with E-state index in [1.807, 2.05) is 13.8 Å². The van der Waals surface area contributed by atoms with Gasteiger partial charge in [0, 0.05) is 31.2 Å². The molecule has 2 amide bonds. The van der Waals surface area contributed by atoms with Gasteiger partial charge < -0.3 is 20.7 Å². The maximum absolute atomic E-state index is 11.9. The number of amides is 2. The lowest BCUT2D eigenvalue weighted by molar-refractivity contribution is -0.133. The number of nitrogens with zero attached hydrogens (tertiary/aromatic N) is 1. The molecular formula is C16H25Cl2N3O3. The van der Waals surface area contributed by atoms with Gasteiger partial charge in [0.25, 0.3) is 5.91 Å². The number of carbonyl (C=O) groups excluding carboxylic acids is 2. The summed E-state index contributed by atoms with van der Waals surface area (Å²) >= 11 is 6.12. The molecule has 24 heavy (non-hydrogen) atoms. The summed E-state index contributed by atoms with van der Waals surface area (Å²) in [6, 6.07) is 4.67. The molecule has 0 aliphatic carbocycles. The van der Waals surface area contributed by atoms with Gasteiger partial charge in [0.15, 0.2) is 6.61 Å². The number of benzene rings is 1. The summed E-state index contributed by atoms with van der Waals surface area (Å²) in [5.74, 6) is 0.124. The molecule has 1 atom stereocenters. The first kappa shape index (κ1) is 22.5. The van der Waals surface area contributed by atoms with Crippen molar-refractivity contribution in [3.8, 4) is 5.75 Å². The van der Waals surface area contributed by atoms with Crippen LogP contribution >= 0.6 is 24.0 Å². The standard InChI is InChI=1S/C16H24ClN3O3.ClH/c1-4-20(5-2)16(22)10-23-14-7-6-12(9-13(14)17)19-15(21)8-11(3)18;/h6-7,9,11H,4-5,8,10,18H2,1-3H3,(H,19,21);1H. The third-order valence-electron chi connectivity index (χ3n) is 3.19. The number of likely N-dealkylation sites (N-methyl/N-ethyl adjacent to an activating group) is 1. The molecule has 0 bridgehead atoms. The molecular weight excluding hydrogens is 353 g/mol. The molecule has 0 saturated heterocycles. The number of anilines is 1. The molecule has 6 nitrogen and oxygen atoms in total. The van der Waals surface area contributed by atoms with Crippen LogP contribution < -0.4 is 15.8 Å². The normalized spacial score (nSPS) is 11.2. The second-order valence-corrected chi connectivity index (χ2v) is 5.64. The van der Waals surface area contributed by atoms with Crippen LogP contribution in [0.3, 0.4) is 0 Å². The molecule has 0 aromatic heterocycles. The third-order valence-corrected chi connectivity index (χ3v) is 3.49. The zero-order valence-corrected chi connectivity index (χ0v) is 15.7. The Morgan fingerprint density at radius 3 is 2.46 bits per heavy atom. The lowest BCUT2D eigenvalue weighted by Gasteiger charge is -2.19. The highest BCUT2D eigenvalue weighted by Gasteiger charge is 2.12. The van der Waals surface area contributed by atoms with Gasteiger partial charge in [0.1, 0.15) is 5.75 Å². The molecule has 8 heteroatoms. The summed E-state index contributed by atoms with van der Waals surface area (Å²) in [5, 5.41) is 3.04. The number of halogens is 2. The van der Waals surface area contributed by atoms with E-state index in [0.717, 1.165) is 0 Å². The van der Waals surface area contributed by atoms with E-state index in [-0.39, 0.29) is 43.3 Å². The molecule has 3 N–H and O–H groups in total. The minimum Gasteiger partial charge on any atom is -0.482 e. The van der Waals surface area contributed by atoms with E-state index < -0.39 is 0 Å². The number of carbonyl (C=O) groups is 2. The minimum atomic E-state index is -0.209. The van der Waals surface area contributed by atoms with Gasteiger partial charge in [-0.3, -0.25) is 9.59 Å². The average Bonchev–Trinajstić information content (AvgIpc) is 2.46. The Kier molecular flexibility index (Phi) is 10.4. The Bertz CT molecular complexity index is 549. The van der Waals surface area contributed by atoms with Crippen molar-refractivity contribution < 1.29 is 14.3 Å². The second kappa shape index (κ2) is 11.1. The van der Waals surface area contributed by atoms with E-state index >= 15 is 0 Å². The largest absolute Gasteiger partial charge is 0.482 e. The smallest absolute Gasteiger partial charge is 0.260 e. The fraction of sp³-hybridized carbons (Fsp3) is 0.500. The summed E-state index contributed by atoms with van der Waals surface area (Å²) in [6.45, 7) is 6.78. The van der Waals surface area contributed by atoms with E-state index in [1.54, 1.807) is 30.0 Å². The summed E-state index contributed by atoms with van der Waals surface area (Å²) in [5.41, 5.74) is 6.13. The predicted octanol–water partition coefficient (Wildman–Crippen LogP) is 2.68. The molecule has 1 aromatic carbocycles. The molecule has 0 radical (unpaired) electrons. The number of nitrogens with one attached hydrogen (secondary N) is 1. The monoisotopic (exact) mass is 377 g/mol. The SMILES string of the molecule is CCN(CC)C(=O)COc1ccc(NC(=O)CC(C)N)cc1Cl.Cl. The summed E-state index contributed by atoms with van der Waals surface area (Å²) < 4.78 is 5.45. The Morgan fingerprint density at radius 2 is 1.96 bits per heavy atom. The molecule has 1 aromatic rings. The molecule has 0 spiro atoms. The van der Waals surface area contributed by atoms with Crippen LogP contribution in [0.1, 0.15) is 27.2 Å².